The molecule has 27 heavy (non-hydrogen) atoms. The zero-order chi connectivity index (χ0) is 19.7. The van der Waals surface area contributed by atoms with Gasteiger partial charge in [-0.25, -0.2) is 0 Å². The van der Waals surface area contributed by atoms with E-state index >= 15 is 0 Å². The number of hydrogen-bond acceptors (Lipinski definition) is 8. The van der Waals surface area contributed by atoms with E-state index in [-0.39, 0.29) is 51.0 Å². The lowest BCUT2D eigenvalue weighted by molar-refractivity contribution is 0.311. The van der Waals surface area contributed by atoms with Crippen LogP contribution in [-0.4, -0.2) is 38.7 Å². The summed E-state index contributed by atoms with van der Waals surface area (Å²) in [4.78, 5) is 12.7. The van der Waals surface area contributed by atoms with Crippen molar-refractivity contribution in [2.24, 2.45) is 0 Å². The van der Waals surface area contributed by atoms with Crippen LogP contribution < -0.4 is 24.4 Å². The maximum Gasteiger partial charge on any atom is 0.211 e. The third-order valence-corrected chi connectivity index (χ3v) is 4.11. The van der Waals surface area contributed by atoms with Gasteiger partial charge >= 0.3 is 0 Å². The first-order chi connectivity index (χ1) is 13.0. The summed E-state index contributed by atoms with van der Waals surface area (Å²) in [5.74, 6) is -0.243. The summed E-state index contributed by atoms with van der Waals surface area (Å²) in [6.45, 7) is 0. The number of methoxy groups -OCH3 is 4. The Morgan fingerprint density at radius 1 is 0.852 bits per heavy atom. The Morgan fingerprint density at radius 2 is 1.52 bits per heavy atom. The van der Waals surface area contributed by atoms with E-state index in [4.69, 9.17) is 23.4 Å². The molecule has 0 saturated carbocycles. The molecule has 8 heteroatoms. The molecule has 0 saturated heterocycles. The molecule has 0 aliphatic heterocycles. The summed E-state index contributed by atoms with van der Waals surface area (Å²) in [5, 5.41) is 20.7. The van der Waals surface area contributed by atoms with Crippen LogP contribution in [0.5, 0.6) is 34.5 Å². The number of phenolic OH excluding ortho intramolecular Hbond substituents is 2. The van der Waals surface area contributed by atoms with Gasteiger partial charge in [0.25, 0.3) is 0 Å². The van der Waals surface area contributed by atoms with Crippen molar-refractivity contribution in [3.8, 4) is 45.8 Å². The molecule has 2 N–H and O–H groups in total. The molecule has 0 atom stereocenters. The Kier molecular flexibility index (Phi) is 4.72. The van der Waals surface area contributed by atoms with Crippen LogP contribution in [0.15, 0.2) is 33.5 Å². The Hall–Kier alpha value is -3.55. The molecule has 3 rings (SSSR count). The maximum atomic E-state index is 12.7. The lowest BCUT2D eigenvalue weighted by Crippen LogP contribution is -2.05. The van der Waals surface area contributed by atoms with Gasteiger partial charge in [0, 0.05) is 6.07 Å². The minimum absolute atomic E-state index is 0.0441. The quantitative estimate of drug-likeness (QED) is 0.702. The first kappa shape index (κ1) is 18.2. The molecule has 8 nitrogen and oxygen atoms in total. The van der Waals surface area contributed by atoms with Gasteiger partial charge in [0.2, 0.25) is 17.2 Å². The molecular weight excluding hydrogens is 356 g/mol. The summed E-state index contributed by atoms with van der Waals surface area (Å²) in [6, 6.07) is 5.93. The lowest BCUT2D eigenvalue weighted by Gasteiger charge is -2.16. The molecule has 142 valence electrons. The highest BCUT2D eigenvalue weighted by atomic mass is 16.5. The van der Waals surface area contributed by atoms with Gasteiger partial charge in [-0.3, -0.25) is 4.79 Å². The van der Waals surface area contributed by atoms with Crippen molar-refractivity contribution in [1.29, 1.82) is 0 Å². The number of rotatable bonds is 5. The standard InChI is InChI=1S/C19H18O8/c1-23-11-7-5-6-9(14(11)21)12-8-10(20)13-15(22)17(24-2)19(26-4)18(25-3)16(13)27-12/h5-8,21-22H,1-4H3. The van der Waals surface area contributed by atoms with E-state index in [2.05, 4.69) is 0 Å². The molecule has 0 aliphatic carbocycles. The summed E-state index contributed by atoms with van der Waals surface area (Å²) in [7, 11) is 5.46. The first-order valence-electron chi connectivity index (χ1n) is 7.83. The fourth-order valence-electron chi connectivity index (χ4n) is 2.88. The van der Waals surface area contributed by atoms with Gasteiger partial charge in [-0.05, 0) is 12.1 Å². The number of fused-ring (bicyclic) bond motifs is 1. The van der Waals surface area contributed by atoms with Crippen LogP contribution in [0.25, 0.3) is 22.3 Å². The number of para-hydroxylation sites is 1. The first-order valence-corrected chi connectivity index (χ1v) is 7.83. The maximum absolute atomic E-state index is 12.7. The zero-order valence-electron chi connectivity index (χ0n) is 15.2. The van der Waals surface area contributed by atoms with Gasteiger partial charge in [0.15, 0.2) is 28.3 Å². The number of hydrogen-bond donors (Lipinski definition) is 2. The summed E-state index contributed by atoms with van der Waals surface area (Å²) < 4.78 is 26.6. The van der Waals surface area contributed by atoms with Crippen LogP contribution in [0.1, 0.15) is 0 Å². The largest absolute Gasteiger partial charge is 0.504 e. The normalized spacial score (nSPS) is 10.7. The van der Waals surface area contributed by atoms with Crippen LogP contribution in [0.4, 0.5) is 0 Å². The van der Waals surface area contributed by atoms with Gasteiger partial charge in [0.05, 0.1) is 34.0 Å². The summed E-state index contributed by atoms with van der Waals surface area (Å²) >= 11 is 0. The molecular formula is C19H18O8. The van der Waals surface area contributed by atoms with E-state index in [0.29, 0.717) is 0 Å². The van der Waals surface area contributed by atoms with Crippen LogP contribution in [0, 0.1) is 0 Å². The Bertz CT molecular complexity index is 1070. The predicted octanol–water partition coefficient (Wildman–Crippen LogP) is 2.91. The second-order valence-electron chi connectivity index (χ2n) is 5.48. The van der Waals surface area contributed by atoms with E-state index in [1.54, 1.807) is 18.2 Å². The molecule has 0 radical (unpaired) electrons. The smallest absolute Gasteiger partial charge is 0.211 e. The fraction of sp³-hybridized carbons (Fsp3) is 0.211. The van der Waals surface area contributed by atoms with Crippen LogP contribution >= 0.6 is 0 Å². The number of phenols is 2. The van der Waals surface area contributed by atoms with Gasteiger partial charge in [-0.15, -0.1) is 0 Å². The second kappa shape index (κ2) is 6.99. The Balaban J connectivity index is 2.43. The van der Waals surface area contributed by atoms with Crippen molar-refractivity contribution in [2.75, 3.05) is 28.4 Å². The molecule has 0 aliphatic rings. The highest BCUT2D eigenvalue weighted by Crippen LogP contribution is 2.50. The third-order valence-electron chi connectivity index (χ3n) is 4.11. The molecule has 0 fully saturated rings. The average Bonchev–Trinajstić information content (AvgIpc) is 2.67. The highest BCUT2D eigenvalue weighted by Gasteiger charge is 2.26. The summed E-state index contributed by atoms with van der Waals surface area (Å²) in [6.07, 6.45) is 0. The van der Waals surface area contributed by atoms with Crippen LogP contribution in [-0.2, 0) is 0 Å². The van der Waals surface area contributed by atoms with E-state index < -0.39 is 11.2 Å². The van der Waals surface area contributed by atoms with E-state index in [9.17, 15) is 15.0 Å². The monoisotopic (exact) mass is 374 g/mol. The van der Waals surface area contributed by atoms with Crippen molar-refractivity contribution in [3.63, 3.8) is 0 Å². The molecule has 1 heterocycles. The number of ether oxygens (including phenoxy) is 4. The number of benzene rings is 2. The van der Waals surface area contributed by atoms with Crippen molar-refractivity contribution < 1.29 is 33.6 Å². The Morgan fingerprint density at radius 3 is 2.11 bits per heavy atom. The van der Waals surface area contributed by atoms with Crippen molar-refractivity contribution in [1.82, 2.24) is 0 Å². The molecule has 3 aromatic rings. The van der Waals surface area contributed by atoms with Crippen molar-refractivity contribution >= 4 is 11.0 Å². The zero-order valence-corrected chi connectivity index (χ0v) is 15.2. The summed E-state index contributed by atoms with van der Waals surface area (Å²) in [5.41, 5.74) is -0.354. The van der Waals surface area contributed by atoms with Gasteiger partial charge in [-0.2, -0.15) is 0 Å². The van der Waals surface area contributed by atoms with Crippen LogP contribution in [0.2, 0.25) is 0 Å². The van der Waals surface area contributed by atoms with Crippen molar-refractivity contribution in [2.45, 2.75) is 0 Å². The SMILES string of the molecule is COc1cccc(-c2cc(=O)c3c(O)c(OC)c(OC)c(OC)c3o2)c1O. The Labute approximate surface area is 154 Å². The average molecular weight is 374 g/mol. The number of aromatic hydroxyl groups is 2. The molecule has 0 amide bonds. The predicted molar refractivity (Wildman–Crippen MR) is 97.5 cm³/mol. The molecule has 2 aromatic carbocycles. The minimum Gasteiger partial charge on any atom is -0.504 e. The van der Waals surface area contributed by atoms with Crippen molar-refractivity contribution in [3.05, 3.63) is 34.5 Å². The van der Waals surface area contributed by atoms with E-state index in [1.165, 1.54) is 28.4 Å². The molecule has 0 bridgehead atoms. The second-order valence-corrected chi connectivity index (χ2v) is 5.48. The van der Waals surface area contributed by atoms with Gasteiger partial charge in [-0.1, -0.05) is 6.07 Å². The lowest BCUT2D eigenvalue weighted by atomic mass is 10.1. The highest BCUT2D eigenvalue weighted by molar-refractivity contribution is 5.95. The van der Waals surface area contributed by atoms with Gasteiger partial charge in [0.1, 0.15) is 11.1 Å². The fourth-order valence-corrected chi connectivity index (χ4v) is 2.88. The molecule has 0 unspecified atom stereocenters. The molecule has 1 aromatic heterocycles. The molecule has 0 spiro atoms. The van der Waals surface area contributed by atoms with Crippen LogP contribution in [0.3, 0.4) is 0 Å². The van der Waals surface area contributed by atoms with E-state index in [1.807, 2.05) is 0 Å². The van der Waals surface area contributed by atoms with Gasteiger partial charge < -0.3 is 33.6 Å². The van der Waals surface area contributed by atoms with E-state index in [0.717, 1.165) is 6.07 Å². The topological polar surface area (TPSA) is 108 Å². The minimum atomic E-state index is -0.551. The third kappa shape index (κ3) is 2.75.